The van der Waals surface area contributed by atoms with Crippen LogP contribution in [0.1, 0.15) is 27.8 Å². The molecule has 1 aromatic rings. The Bertz CT molecular complexity index is 258. The van der Waals surface area contributed by atoms with Crippen molar-refractivity contribution in [3.63, 3.8) is 0 Å². The highest BCUT2D eigenvalue weighted by molar-refractivity contribution is 4.82. The monoisotopic (exact) mass is 140 g/mol. The molecule has 4 heteroatoms. The van der Waals surface area contributed by atoms with Crippen LogP contribution >= 0.6 is 0 Å². The van der Waals surface area contributed by atoms with E-state index in [-0.39, 0.29) is 0 Å². The van der Waals surface area contributed by atoms with Gasteiger partial charge < -0.3 is 0 Å². The number of rotatable bonds is 0. The molecule has 0 saturated carbocycles. The van der Waals surface area contributed by atoms with Gasteiger partial charge in [-0.3, -0.25) is 0 Å². The summed E-state index contributed by atoms with van der Waals surface area (Å²) in [6, 6.07) is 0. The van der Waals surface area contributed by atoms with Crippen molar-refractivity contribution in [1.29, 1.82) is 0 Å². The highest BCUT2D eigenvalue weighted by Gasteiger charge is 2.08. The second kappa shape index (κ2) is 2.36. The first-order valence-corrected chi connectivity index (χ1v) is 3.42. The summed E-state index contributed by atoms with van der Waals surface area (Å²) in [5.41, 5.74) is 0. The van der Waals surface area contributed by atoms with Crippen LogP contribution in [0.4, 0.5) is 0 Å². The van der Waals surface area contributed by atoms with Gasteiger partial charge in [0.25, 0.3) is 0 Å². The van der Waals surface area contributed by atoms with Crippen molar-refractivity contribution in [2.45, 2.75) is 32.2 Å². The van der Waals surface area contributed by atoms with Crippen molar-refractivity contribution < 1.29 is 2.74 Å². The molecule has 0 aromatic carbocycles. The van der Waals surface area contributed by atoms with Crippen LogP contribution in [0.5, 0.6) is 0 Å². The van der Waals surface area contributed by atoms with E-state index in [4.69, 9.17) is 2.74 Å². The van der Waals surface area contributed by atoms with Gasteiger partial charge in [-0.15, -0.1) is 5.10 Å². The Morgan fingerprint density at radius 1 is 1.50 bits per heavy atom. The van der Waals surface area contributed by atoms with E-state index in [9.17, 15) is 0 Å². The zero-order chi connectivity index (χ0) is 8.60. The maximum atomic E-state index is 7.56. The average Bonchev–Trinajstić information content (AvgIpc) is 2.40. The van der Waals surface area contributed by atoms with Gasteiger partial charge in [0.2, 0.25) is 0 Å². The predicted molar refractivity (Wildman–Crippen MR) is 35.4 cm³/mol. The first-order chi connectivity index (χ1) is 5.67. The minimum absolute atomic E-state index is 0.505. The molecule has 0 atom stereocenters. The molecule has 1 aliphatic heterocycles. The molecule has 54 valence electrons. The summed E-state index contributed by atoms with van der Waals surface area (Å²) in [5.74, 6) is 0.802. The highest BCUT2D eigenvalue weighted by Crippen LogP contribution is 2.09. The van der Waals surface area contributed by atoms with Crippen LogP contribution in [0.3, 0.4) is 0 Å². The lowest BCUT2D eigenvalue weighted by Gasteiger charge is -1.94. The zero-order valence-electron chi connectivity index (χ0n) is 7.62. The van der Waals surface area contributed by atoms with Crippen molar-refractivity contribution in [3.05, 3.63) is 5.82 Å². The lowest BCUT2D eigenvalue weighted by atomic mass is 10.2. The molecule has 0 fully saturated rings. The molecule has 10 heavy (non-hydrogen) atoms. The summed E-state index contributed by atoms with van der Waals surface area (Å²) in [6.45, 7) is 0.593. The largest absolute Gasteiger partial charge is 0.230 e. The van der Waals surface area contributed by atoms with Crippen LogP contribution in [-0.2, 0) is 13.0 Å². The Labute approximate surface area is 62.0 Å². The first kappa shape index (κ1) is 4.05. The summed E-state index contributed by atoms with van der Waals surface area (Å²) in [6.07, 6.45) is 0.598. The minimum Gasteiger partial charge on any atom is -0.230 e. The summed E-state index contributed by atoms with van der Waals surface area (Å²) >= 11 is 0. The van der Waals surface area contributed by atoms with Gasteiger partial charge in [0.1, 0.15) is 0 Å². The van der Waals surface area contributed by atoms with Crippen molar-refractivity contribution >= 4 is 0 Å². The van der Waals surface area contributed by atoms with E-state index in [1.807, 2.05) is 0 Å². The van der Waals surface area contributed by atoms with Crippen LogP contribution in [-0.4, -0.2) is 20.2 Å². The molecule has 0 saturated heterocycles. The number of aryl methyl sites for hydroxylation is 2. The molecule has 0 bridgehead atoms. The number of nitrogens with zero attached hydrogens (tertiary/aromatic N) is 4. The molecular formula is C6H10N4. The fraction of sp³-hybridized carbons (Fsp3) is 0.833. The van der Waals surface area contributed by atoms with Crippen LogP contribution in [0.15, 0.2) is 0 Å². The maximum absolute atomic E-state index is 7.56. The summed E-state index contributed by atoms with van der Waals surface area (Å²) in [5, 5.41) is 11.1. The van der Waals surface area contributed by atoms with E-state index < -0.39 is 6.37 Å². The molecule has 0 unspecified atom stereocenters. The summed E-state index contributed by atoms with van der Waals surface area (Å²) < 4.78 is 16.8. The smallest absolute Gasteiger partial charge is 0.151 e. The van der Waals surface area contributed by atoms with E-state index in [1.165, 1.54) is 0 Å². The third kappa shape index (κ3) is 0.894. The number of hydrogen-bond acceptors (Lipinski definition) is 3. The third-order valence-electron chi connectivity index (χ3n) is 1.63. The lowest BCUT2D eigenvalue weighted by molar-refractivity contribution is 0.556. The third-order valence-corrected chi connectivity index (χ3v) is 1.63. The Hall–Kier alpha value is -0.930. The van der Waals surface area contributed by atoms with E-state index in [0.29, 0.717) is 25.8 Å². The van der Waals surface area contributed by atoms with E-state index in [0.717, 1.165) is 5.82 Å². The zero-order valence-corrected chi connectivity index (χ0v) is 5.62. The average molecular weight is 140 g/mol. The van der Waals surface area contributed by atoms with Gasteiger partial charge in [0.05, 0.1) is 0 Å². The first-order valence-electron chi connectivity index (χ1n) is 4.42. The number of tetrazole rings is 1. The molecule has 4 nitrogen and oxygen atoms in total. The second-order valence-corrected chi connectivity index (χ2v) is 2.32. The molecule has 0 radical (unpaired) electrons. The van der Waals surface area contributed by atoms with Crippen molar-refractivity contribution in [1.82, 2.24) is 20.2 Å². The van der Waals surface area contributed by atoms with Crippen LogP contribution in [0.2, 0.25) is 0 Å². The normalized spacial score (nSPS) is 26.0. The number of hydrogen-bond donors (Lipinski definition) is 0. The quantitative estimate of drug-likeness (QED) is 0.524. The van der Waals surface area contributed by atoms with Gasteiger partial charge in [0.15, 0.2) is 5.82 Å². The number of aromatic nitrogens is 4. The van der Waals surface area contributed by atoms with Gasteiger partial charge in [-0.1, -0.05) is 6.37 Å². The predicted octanol–water partition coefficient (Wildman–Crippen LogP) is 0.399. The summed E-state index contributed by atoms with van der Waals surface area (Å²) in [4.78, 5) is 0. The molecule has 1 aromatic heterocycles. The Kier molecular flexibility index (Phi) is 0.957. The van der Waals surface area contributed by atoms with Gasteiger partial charge >= 0.3 is 0 Å². The van der Waals surface area contributed by atoms with E-state index >= 15 is 0 Å². The standard InChI is InChI=1S/C6H10N4/c1-2-4-6-7-8-9-10(6)5-3-1/h1-5H2/i1D2. The topological polar surface area (TPSA) is 43.6 Å². The van der Waals surface area contributed by atoms with Crippen molar-refractivity contribution in [3.8, 4) is 0 Å². The van der Waals surface area contributed by atoms with Gasteiger partial charge in [-0.25, -0.2) is 4.68 Å². The van der Waals surface area contributed by atoms with E-state index in [2.05, 4.69) is 15.5 Å². The van der Waals surface area contributed by atoms with Crippen LogP contribution in [0.25, 0.3) is 0 Å². The molecule has 1 aliphatic rings. The van der Waals surface area contributed by atoms with Crippen molar-refractivity contribution in [2.24, 2.45) is 0 Å². The second-order valence-electron chi connectivity index (χ2n) is 2.32. The van der Waals surface area contributed by atoms with Gasteiger partial charge in [0, 0.05) is 15.7 Å². The molecule has 2 rings (SSSR count). The molecule has 0 N–H and O–H groups in total. The molecule has 2 heterocycles. The Balaban J connectivity index is 2.21. The highest BCUT2D eigenvalue weighted by atomic mass is 15.5. The van der Waals surface area contributed by atoms with E-state index in [1.54, 1.807) is 4.68 Å². The molecular weight excluding hydrogens is 128 g/mol. The SMILES string of the molecule is [2H]C1([2H])CCc2nnnn2CC1. The molecule has 0 spiro atoms. The fourth-order valence-electron chi connectivity index (χ4n) is 1.09. The lowest BCUT2D eigenvalue weighted by Crippen LogP contribution is -2.02. The van der Waals surface area contributed by atoms with Gasteiger partial charge in [-0.05, 0) is 23.3 Å². The minimum atomic E-state index is -1.07. The van der Waals surface area contributed by atoms with Crippen LogP contribution < -0.4 is 0 Å². The Morgan fingerprint density at radius 3 is 3.50 bits per heavy atom. The molecule has 0 amide bonds. The Morgan fingerprint density at radius 2 is 2.50 bits per heavy atom. The van der Waals surface area contributed by atoms with Crippen LogP contribution in [0, 0.1) is 0 Å². The maximum Gasteiger partial charge on any atom is 0.151 e. The fourth-order valence-corrected chi connectivity index (χ4v) is 1.09. The molecule has 0 aliphatic carbocycles. The van der Waals surface area contributed by atoms with Crippen molar-refractivity contribution in [2.75, 3.05) is 0 Å². The van der Waals surface area contributed by atoms with Gasteiger partial charge in [-0.2, -0.15) is 0 Å². The summed E-state index contributed by atoms with van der Waals surface area (Å²) in [7, 11) is 0. The number of fused-ring (bicyclic) bond motifs is 1.